The average Bonchev–Trinajstić information content (AvgIpc) is 2.82. The summed E-state index contributed by atoms with van der Waals surface area (Å²) in [5.74, 6) is 9.73. The summed E-state index contributed by atoms with van der Waals surface area (Å²) in [4.78, 5) is 0. The fourth-order valence-corrected chi connectivity index (χ4v) is 5.61. The number of rotatable bonds is 5. The van der Waals surface area contributed by atoms with Gasteiger partial charge in [-0.3, -0.25) is 11.3 Å². The van der Waals surface area contributed by atoms with E-state index >= 15 is 0 Å². The Morgan fingerprint density at radius 3 is 2.76 bits per heavy atom. The number of nitrogens with one attached hydrogen (secondary N) is 1. The van der Waals surface area contributed by atoms with Crippen LogP contribution in [0.4, 0.5) is 0 Å². The van der Waals surface area contributed by atoms with Gasteiger partial charge in [0.25, 0.3) is 0 Å². The second kappa shape index (κ2) is 7.20. The van der Waals surface area contributed by atoms with Crippen molar-refractivity contribution in [1.29, 1.82) is 0 Å². The summed E-state index contributed by atoms with van der Waals surface area (Å²) in [5, 5.41) is 0. The van der Waals surface area contributed by atoms with E-state index in [1.807, 2.05) is 11.8 Å². The van der Waals surface area contributed by atoms with Gasteiger partial charge in [-0.1, -0.05) is 27.7 Å². The molecule has 2 heterocycles. The van der Waals surface area contributed by atoms with Crippen molar-refractivity contribution in [3.05, 3.63) is 0 Å². The molecule has 0 amide bonds. The molecule has 4 atom stereocenters. The molecular weight excluding hydrogens is 280 g/mol. The SMILES string of the molecule is CC(CC(NN)C1CCOC2(CCSC2)C1)CC(C)(C)C. The van der Waals surface area contributed by atoms with E-state index in [1.54, 1.807) is 0 Å². The zero-order chi connectivity index (χ0) is 15.5. The highest BCUT2D eigenvalue weighted by Gasteiger charge is 2.42. The van der Waals surface area contributed by atoms with E-state index in [2.05, 4.69) is 33.1 Å². The van der Waals surface area contributed by atoms with Crippen LogP contribution in [0.3, 0.4) is 0 Å². The van der Waals surface area contributed by atoms with E-state index in [-0.39, 0.29) is 5.60 Å². The summed E-state index contributed by atoms with van der Waals surface area (Å²) in [6.07, 6.45) is 6.01. The number of hydrogen-bond acceptors (Lipinski definition) is 4. The van der Waals surface area contributed by atoms with Gasteiger partial charge in [-0.15, -0.1) is 0 Å². The molecule has 3 N–H and O–H groups in total. The van der Waals surface area contributed by atoms with Crippen LogP contribution in [0.5, 0.6) is 0 Å². The van der Waals surface area contributed by atoms with Crippen molar-refractivity contribution in [3.63, 3.8) is 0 Å². The Bertz CT molecular complexity index is 323. The summed E-state index contributed by atoms with van der Waals surface area (Å²) in [6.45, 7) is 10.3. The fourth-order valence-electron chi connectivity index (χ4n) is 4.23. The molecule has 21 heavy (non-hydrogen) atoms. The lowest BCUT2D eigenvalue weighted by Crippen LogP contribution is -2.49. The van der Waals surface area contributed by atoms with Crippen LogP contribution < -0.4 is 11.3 Å². The highest BCUT2D eigenvalue weighted by atomic mass is 32.2. The van der Waals surface area contributed by atoms with Crippen LogP contribution in [0.2, 0.25) is 0 Å². The topological polar surface area (TPSA) is 47.3 Å². The third-order valence-corrected chi connectivity index (χ3v) is 6.22. The van der Waals surface area contributed by atoms with Gasteiger partial charge in [-0.25, -0.2) is 0 Å². The van der Waals surface area contributed by atoms with Gasteiger partial charge < -0.3 is 4.74 Å². The summed E-state index contributed by atoms with van der Waals surface area (Å²) in [6, 6.07) is 0.439. The molecule has 3 nitrogen and oxygen atoms in total. The van der Waals surface area contributed by atoms with Crippen molar-refractivity contribution in [2.24, 2.45) is 23.1 Å². The Morgan fingerprint density at radius 1 is 1.43 bits per heavy atom. The number of thioether (sulfide) groups is 1. The minimum Gasteiger partial charge on any atom is -0.374 e. The lowest BCUT2D eigenvalue weighted by atomic mass is 9.76. The molecule has 0 bridgehead atoms. The molecule has 2 fully saturated rings. The molecule has 2 aliphatic rings. The lowest BCUT2D eigenvalue weighted by molar-refractivity contribution is -0.0863. The van der Waals surface area contributed by atoms with Crippen LogP contribution in [0.15, 0.2) is 0 Å². The molecule has 2 aliphatic heterocycles. The second-order valence-corrected chi connectivity index (χ2v) is 9.57. The van der Waals surface area contributed by atoms with Crippen molar-refractivity contribution in [2.45, 2.75) is 71.4 Å². The molecule has 0 aromatic heterocycles. The maximum Gasteiger partial charge on any atom is 0.0783 e. The molecule has 4 unspecified atom stereocenters. The first kappa shape index (κ1) is 17.6. The van der Waals surface area contributed by atoms with Crippen LogP contribution in [-0.2, 0) is 4.74 Å². The third kappa shape index (κ3) is 5.12. The van der Waals surface area contributed by atoms with Crippen molar-refractivity contribution in [3.8, 4) is 0 Å². The van der Waals surface area contributed by atoms with Gasteiger partial charge in [0, 0.05) is 18.4 Å². The van der Waals surface area contributed by atoms with E-state index in [9.17, 15) is 0 Å². The molecule has 0 aliphatic carbocycles. The van der Waals surface area contributed by atoms with E-state index < -0.39 is 0 Å². The number of hydrogen-bond donors (Lipinski definition) is 2. The molecule has 0 aromatic rings. The standard InChI is InChI=1S/C17H34N2OS/c1-13(10-16(2,3)4)9-15(19-18)14-5-7-20-17(11-14)6-8-21-12-17/h13-15,19H,5-12,18H2,1-4H3. The lowest BCUT2D eigenvalue weighted by Gasteiger charge is -2.41. The van der Waals surface area contributed by atoms with Gasteiger partial charge >= 0.3 is 0 Å². The van der Waals surface area contributed by atoms with Crippen LogP contribution in [0.25, 0.3) is 0 Å². The summed E-state index contributed by atoms with van der Waals surface area (Å²) >= 11 is 2.05. The molecule has 0 aromatic carbocycles. The zero-order valence-electron chi connectivity index (χ0n) is 14.3. The van der Waals surface area contributed by atoms with Gasteiger partial charge in [0.05, 0.1) is 5.60 Å². The maximum absolute atomic E-state index is 6.15. The molecule has 0 saturated carbocycles. The molecule has 0 radical (unpaired) electrons. The summed E-state index contributed by atoms with van der Waals surface area (Å²) in [7, 11) is 0. The minimum absolute atomic E-state index is 0.163. The quantitative estimate of drug-likeness (QED) is 0.601. The monoisotopic (exact) mass is 314 g/mol. The van der Waals surface area contributed by atoms with E-state index in [0.717, 1.165) is 13.0 Å². The zero-order valence-corrected chi connectivity index (χ0v) is 15.1. The maximum atomic E-state index is 6.15. The van der Waals surface area contributed by atoms with Crippen LogP contribution >= 0.6 is 11.8 Å². The molecule has 1 spiro atoms. The van der Waals surface area contributed by atoms with Gasteiger partial charge in [0.1, 0.15) is 0 Å². The van der Waals surface area contributed by atoms with Gasteiger partial charge in [0.15, 0.2) is 0 Å². The second-order valence-electron chi connectivity index (χ2n) is 8.47. The number of hydrazine groups is 1. The highest BCUT2D eigenvalue weighted by molar-refractivity contribution is 7.99. The third-order valence-electron chi connectivity index (χ3n) is 5.00. The largest absolute Gasteiger partial charge is 0.374 e. The van der Waals surface area contributed by atoms with Gasteiger partial charge in [0.2, 0.25) is 0 Å². The number of ether oxygens (including phenoxy) is 1. The molecular formula is C17H34N2OS. The molecule has 4 heteroatoms. The highest BCUT2D eigenvalue weighted by Crippen LogP contribution is 2.42. The van der Waals surface area contributed by atoms with Crippen molar-refractivity contribution < 1.29 is 4.74 Å². The molecule has 2 rings (SSSR count). The van der Waals surface area contributed by atoms with Crippen molar-refractivity contribution in [2.75, 3.05) is 18.1 Å². The van der Waals surface area contributed by atoms with Crippen LogP contribution in [0, 0.1) is 17.3 Å². The fraction of sp³-hybridized carbons (Fsp3) is 1.00. The number of nitrogens with two attached hydrogens (primary N) is 1. The minimum atomic E-state index is 0.163. The van der Waals surface area contributed by atoms with Gasteiger partial charge in [-0.05, 0) is 55.1 Å². The first-order valence-corrected chi connectivity index (χ1v) is 9.67. The molecule has 2 saturated heterocycles. The summed E-state index contributed by atoms with van der Waals surface area (Å²) in [5.41, 5.74) is 3.70. The Kier molecular flexibility index (Phi) is 6.03. The smallest absolute Gasteiger partial charge is 0.0783 e. The van der Waals surface area contributed by atoms with E-state index in [1.165, 1.54) is 37.2 Å². The Balaban J connectivity index is 1.90. The first-order valence-electron chi connectivity index (χ1n) is 8.51. The van der Waals surface area contributed by atoms with E-state index in [0.29, 0.717) is 23.3 Å². The predicted octanol–water partition coefficient (Wildman–Crippen LogP) is 3.58. The van der Waals surface area contributed by atoms with Gasteiger partial charge in [-0.2, -0.15) is 11.8 Å². The Hall–Kier alpha value is 0.230. The van der Waals surface area contributed by atoms with Crippen LogP contribution in [-0.4, -0.2) is 29.8 Å². The van der Waals surface area contributed by atoms with Crippen LogP contribution in [0.1, 0.15) is 59.8 Å². The van der Waals surface area contributed by atoms with Crippen molar-refractivity contribution >= 4 is 11.8 Å². The average molecular weight is 315 g/mol. The summed E-state index contributed by atoms with van der Waals surface area (Å²) < 4.78 is 6.15. The van der Waals surface area contributed by atoms with E-state index in [4.69, 9.17) is 10.6 Å². The Morgan fingerprint density at radius 2 is 2.19 bits per heavy atom. The van der Waals surface area contributed by atoms with Crippen molar-refractivity contribution in [1.82, 2.24) is 5.43 Å². The molecule has 124 valence electrons. The predicted molar refractivity (Wildman–Crippen MR) is 92.3 cm³/mol. The normalized spacial score (nSPS) is 33.3. The Labute approximate surface area is 135 Å². The first-order chi connectivity index (χ1) is 9.84.